The molecule has 0 saturated heterocycles. The number of hydrogen-bond acceptors (Lipinski definition) is 3. The minimum absolute atomic E-state index is 0.0808. The summed E-state index contributed by atoms with van der Waals surface area (Å²) in [4.78, 5) is 12.7. The van der Waals surface area contributed by atoms with Crippen LogP contribution in [0.3, 0.4) is 0 Å². The van der Waals surface area contributed by atoms with Gasteiger partial charge in [-0.15, -0.1) is 11.6 Å². The third-order valence-electron chi connectivity index (χ3n) is 4.19. The fourth-order valence-corrected chi connectivity index (χ4v) is 3.01. The number of nitriles is 1. The highest BCUT2D eigenvalue weighted by atomic mass is 35.5. The fourth-order valence-electron chi connectivity index (χ4n) is 2.59. The van der Waals surface area contributed by atoms with E-state index < -0.39 is 35.5 Å². The molecule has 1 aromatic carbocycles. The molecule has 1 heterocycles. The molecule has 1 aliphatic rings. The molecule has 0 bridgehead atoms. The van der Waals surface area contributed by atoms with Crippen molar-refractivity contribution in [2.75, 3.05) is 5.88 Å². The molecule has 1 amide bonds. The lowest BCUT2D eigenvalue weighted by Gasteiger charge is -2.33. The van der Waals surface area contributed by atoms with E-state index in [1.165, 1.54) is 19.2 Å². The minimum atomic E-state index is -2.95. The smallest absolute Gasteiger partial charge is 0.256 e. The molecule has 2 unspecified atom stereocenters. The van der Waals surface area contributed by atoms with Crippen LogP contribution in [0.4, 0.5) is 13.2 Å². The van der Waals surface area contributed by atoms with Crippen LogP contribution < -0.4 is 0 Å². The van der Waals surface area contributed by atoms with E-state index in [-0.39, 0.29) is 18.4 Å². The van der Waals surface area contributed by atoms with Crippen molar-refractivity contribution in [2.24, 2.45) is 10.5 Å². The first-order chi connectivity index (χ1) is 11.4. The van der Waals surface area contributed by atoms with Gasteiger partial charge in [-0.3, -0.25) is 4.79 Å². The molecule has 128 valence electrons. The number of hydrazone groups is 1. The van der Waals surface area contributed by atoms with Crippen LogP contribution in [0.25, 0.3) is 0 Å². The van der Waals surface area contributed by atoms with Gasteiger partial charge in [0.25, 0.3) is 12.3 Å². The lowest BCUT2D eigenvalue weighted by Crippen LogP contribution is -2.47. The van der Waals surface area contributed by atoms with Crippen LogP contribution in [0.5, 0.6) is 0 Å². The fraction of sp³-hybridized carbons (Fsp3) is 0.438. The zero-order chi connectivity index (χ0) is 17.9. The van der Waals surface area contributed by atoms with Gasteiger partial charge in [0.15, 0.2) is 0 Å². The molecule has 24 heavy (non-hydrogen) atoms. The van der Waals surface area contributed by atoms with Gasteiger partial charge in [0.1, 0.15) is 11.2 Å². The monoisotopic (exact) mass is 357 g/mol. The van der Waals surface area contributed by atoms with E-state index >= 15 is 0 Å². The Morgan fingerprint density at radius 2 is 2.25 bits per heavy atom. The highest BCUT2D eigenvalue weighted by Gasteiger charge is 2.49. The second kappa shape index (κ2) is 7.22. The van der Waals surface area contributed by atoms with Crippen LogP contribution in [-0.4, -0.2) is 29.4 Å². The zero-order valence-electron chi connectivity index (χ0n) is 12.8. The van der Waals surface area contributed by atoms with Crippen LogP contribution in [0, 0.1) is 22.6 Å². The van der Waals surface area contributed by atoms with Gasteiger partial charge in [-0.2, -0.15) is 10.4 Å². The Kier molecular flexibility index (Phi) is 5.50. The lowest BCUT2D eigenvalue weighted by atomic mass is 9.85. The molecule has 0 aliphatic carbocycles. The molecule has 0 saturated carbocycles. The van der Waals surface area contributed by atoms with E-state index in [2.05, 4.69) is 5.10 Å². The molecule has 0 spiro atoms. The SMILES string of the molecule is CCC(CCl)(C(=O)N1N=CCC1c1cc(F)cc(C#N)c1)C(F)F. The molecular weight excluding hydrogens is 343 g/mol. The van der Waals surface area contributed by atoms with Crippen LogP contribution in [0.1, 0.15) is 36.9 Å². The summed E-state index contributed by atoms with van der Waals surface area (Å²) >= 11 is 5.68. The Balaban J connectivity index is 2.40. The highest BCUT2D eigenvalue weighted by Crippen LogP contribution is 2.39. The molecule has 2 atom stereocenters. The Morgan fingerprint density at radius 1 is 1.54 bits per heavy atom. The van der Waals surface area contributed by atoms with Crippen molar-refractivity contribution in [3.05, 3.63) is 35.1 Å². The van der Waals surface area contributed by atoms with Crippen LogP contribution >= 0.6 is 11.6 Å². The summed E-state index contributed by atoms with van der Waals surface area (Å²) in [6.45, 7) is 1.46. The van der Waals surface area contributed by atoms with Crippen molar-refractivity contribution in [2.45, 2.75) is 32.2 Å². The van der Waals surface area contributed by atoms with E-state index in [9.17, 15) is 18.0 Å². The molecule has 2 rings (SSSR count). The second-order valence-electron chi connectivity index (χ2n) is 5.53. The van der Waals surface area contributed by atoms with Gasteiger partial charge >= 0.3 is 0 Å². The summed E-state index contributed by atoms with van der Waals surface area (Å²) in [6, 6.07) is 4.71. The first-order valence-corrected chi connectivity index (χ1v) is 7.84. The van der Waals surface area contributed by atoms with Crippen molar-refractivity contribution in [1.82, 2.24) is 5.01 Å². The van der Waals surface area contributed by atoms with Crippen molar-refractivity contribution in [1.29, 1.82) is 5.26 Å². The van der Waals surface area contributed by atoms with E-state index in [4.69, 9.17) is 16.9 Å². The number of nitrogens with zero attached hydrogens (tertiary/aromatic N) is 3. The average Bonchev–Trinajstić information content (AvgIpc) is 3.05. The third kappa shape index (κ3) is 3.11. The summed E-state index contributed by atoms with van der Waals surface area (Å²) in [6.07, 6.45) is -1.46. The molecule has 4 nitrogen and oxygen atoms in total. The maximum atomic E-state index is 13.7. The van der Waals surface area contributed by atoms with E-state index in [1.54, 1.807) is 0 Å². The van der Waals surface area contributed by atoms with Gasteiger partial charge < -0.3 is 0 Å². The Morgan fingerprint density at radius 3 is 2.79 bits per heavy atom. The van der Waals surface area contributed by atoms with Crippen molar-refractivity contribution in [3.63, 3.8) is 0 Å². The van der Waals surface area contributed by atoms with Gasteiger partial charge in [0.2, 0.25) is 0 Å². The number of carbonyl (C=O) groups excluding carboxylic acids is 1. The first kappa shape index (κ1) is 18.3. The molecule has 0 N–H and O–H groups in total. The number of halogens is 4. The summed E-state index contributed by atoms with van der Waals surface area (Å²) in [5, 5.41) is 13.7. The van der Waals surface area contributed by atoms with E-state index in [1.807, 2.05) is 6.07 Å². The Bertz CT molecular complexity index is 698. The van der Waals surface area contributed by atoms with Gasteiger partial charge in [-0.25, -0.2) is 18.2 Å². The first-order valence-electron chi connectivity index (χ1n) is 7.30. The quantitative estimate of drug-likeness (QED) is 0.751. The summed E-state index contributed by atoms with van der Waals surface area (Å²) in [7, 11) is 0. The van der Waals surface area contributed by atoms with Gasteiger partial charge in [-0.05, 0) is 30.2 Å². The Labute approximate surface area is 142 Å². The number of carbonyl (C=O) groups is 1. The zero-order valence-corrected chi connectivity index (χ0v) is 13.6. The molecule has 1 aliphatic heterocycles. The largest absolute Gasteiger partial charge is 0.272 e. The maximum absolute atomic E-state index is 13.7. The van der Waals surface area contributed by atoms with Gasteiger partial charge in [-0.1, -0.05) is 6.92 Å². The van der Waals surface area contributed by atoms with E-state index in [0.717, 1.165) is 17.1 Å². The number of amides is 1. The molecular formula is C16H15ClF3N3O. The minimum Gasteiger partial charge on any atom is -0.272 e. The topological polar surface area (TPSA) is 56.5 Å². The number of benzene rings is 1. The molecule has 0 radical (unpaired) electrons. The number of hydrogen-bond donors (Lipinski definition) is 0. The molecule has 8 heteroatoms. The van der Waals surface area contributed by atoms with Crippen LogP contribution in [0.2, 0.25) is 0 Å². The molecule has 0 aromatic heterocycles. The van der Waals surface area contributed by atoms with Crippen molar-refractivity contribution < 1.29 is 18.0 Å². The van der Waals surface area contributed by atoms with Crippen molar-refractivity contribution in [3.8, 4) is 6.07 Å². The predicted octanol–water partition coefficient (Wildman–Crippen LogP) is 3.86. The third-order valence-corrected chi connectivity index (χ3v) is 4.66. The standard InChI is InChI=1S/C16H15ClF3N3O/c1-2-16(9-17,14(19)20)15(24)23-13(3-4-22-23)11-5-10(8-21)6-12(18)7-11/h4-7,13-14H,2-3,9H2,1H3. The van der Waals surface area contributed by atoms with Gasteiger partial charge in [0, 0.05) is 18.5 Å². The van der Waals surface area contributed by atoms with Crippen LogP contribution in [-0.2, 0) is 4.79 Å². The van der Waals surface area contributed by atoms with Crippen LogP contribution in [0.15, 0.2) is 23.3 Å². The Hall–Kier alpha value is -2.07. The average molecular weight is 358 g/mol. The highest BCUT2D eigenvalue weighted by molar-refractivity contribution is 6.20. The normalized spacial score (nSPS) is 19.4. The molecule has 1 aromatic rings. The second-order valence-corrected chi connectivity index (χ2v) is 5.80. The summed E-state index contributed by atoms with van der Waals surface area (Å²) in [5.41, 5.74) is -1.64. The van der Waals surface area contributed by atoms with E-state index in [0.29, 0.717) is 5.56 Å². The maximum Gasteiger partial charge on any atom is 0.256 e. The van der Waals surface area contributed by atoms with Crippen molar-refractivity contribution >= 4 is 23.7 Å². The number of alkyl halides is 3. The molecule has 0 fully saturated rings. The number of rotatable bonds is 5. The van der Waals surface area contributed by atoms with Gasteiger partial charge in [0.05, 0.1) is 17.7 Å². The predicted molar refractivity (Wildman–Crippen MR) is 83.3 cm³/mol. The lowest BCUT2D eigenvalue weighted by molar-refractivity contribution is -0.152. The summed E-state index contributed by atoms with van der Waals surface area (Å²) < 4.78 is 40.6. The summed E-state index contributed by atoms with van der Waals surface area (Å²) in [5.74, 6) is -2.10.